The zero-order valence-electron chi connectivity index (χ0n) is 11.9. The van der Waals surface area contributed by atoms with Crippen LogP contribution in [0.25, 0.3) is 0 Å². The molecule has 0 spiro atoms. The SMILES string of the molecule is O=C1CN(Cc2ccccc2)CC1OCc1ccccc1. The van der Waals surface area contributed by atoms with Gasteiger partial charge in [-0.2, -0.15) is 0 Å². The molecule has 0 aliphatic carbocycles. The van der Waals surface area contributed by atoms with Crippen LogP contribution in [-0.4, -0.2) is 29.9 Å². The molecule has 2 aromatic carbocycles. The second-order valence-corrected chi connectivity index (χ2v) is 5.41. The predicted molar refractivity (Wildman–Crippen MR) is 81.7 cm³/mol. The van der Waals surface area contributed by atoms with Crippen LogP contribution >= 0.6 is 0 Å². The van der Waals surface area contributed by atoms with Crippen molar-refractivity contribution in [3.8, 4) is 0 Å². The van der Waals surface area contributed by atoms with E-state index in [2.05, 4.69) is 17.0 Å². The van der Waals surface area contributed by atoms with E-state index in [0.717, 1.165) is 12.1 Å². The number of likely N-dealkylation sites (tertiary alicyclic amines) is 1. The summed E-state index contributed by atoms with van der Waals surface area (Å²) >= 11 is 0. The van der Waals surface area contributed by atoms with Crippen LogP contribution < -0.4 is 0 Å². The number of hydrogen-bond donors (Lipinski definition) is 0. The van der Waals surface area contributed by atoms with E-state index >= 15 is 0 Å². The highest BCUT2D eigenvalue weighted by molar-refractivity contribution is 5.87. The maximum absolute atomic E-state index is 12.0. The van der Waals surface area contributed by atoms with E-state index in [4.69, 9.17) is 4.74 Å². The van der Waals surface area contributed by atoms with Gasteiger partial charge in [0.15, 0.2) is 5.78 Å². The van der Waals surface area contributed by atoms with Crippen molar-refractivity contribution in [2.24, 2.45) is 0 Å². The largest absolute Gasteiger partial charge is 0.364 e. The minimum atomic E-state index is -0.297. The van der Waals surface area contributed by atoms with Crippen molar-refractivity contribution in [3.63, 3.8) is 0 Å². The van der Waals surface area contributed by atoms with Gasteiger partial charge in [-0.05, 0) is 11.1 Å². The average Bonchev–Trinajstić information content (AvgIpc) is 2.87. The molecular formula is C18H19NO2. The van der Waals surface area contributed by atoms with Gasteiger partial charge >= 0.3 is 0 Å². The summed E-state index contributed by atoms with van der Waals surface area (Å²) in [7, 11) is 0. The Kier molecular flexibility index (Phi) is 4.43. The maximum Gasteiger partial charge on any atom is 0.176 e. The molecule has 0 N–H and O–H groups in total. The van der Waals surface area contributed by atoms with Crippen molar-refractivity contribution < 1.29 is 9.53 Å². The summed E-state index contributed by atoms with van der Waals surface area (Å²) in [6.07, 6.45) is -0.297. The molecule has 0 amide bonds. The van der Waals surface area contributed by atoms with Gasteiger partial charge in [0, 0.05) is 13.1 Å². The average molecular weight is 281 g/mol. The molecule has 2 aromatic rings. The third-order valence-electron chi connectivity index (χ3n) is 3.71. The van der Waals surface area contributed by atoms with E-state index in [1.807, 2.05) is 48.5 Å². The van der Waals surface area contributed by atoms with Crippen molar-refractivity contribution >= 4 is 5.78 Å². The zero-order chi connectivity index (χ0) is 14.5. The number of nitrogens with zero attached hydrogens (tertiary/aromatic N) is 1. The first-order valence-corrected chi connectivity index (χ1v) is 7.26. The molecule has 3 nitrogen and oxygen atoms in total. The second-order valence-electron chi connectivity index (χ2n) is 5.41. The molecule has 108 valence electrons. The monoisotopic (exact) mass is 281 g/mol. The van der Waals surface area contributed by atoms with Gasteiger partial charge in [-0.3, -0.25) is 9.69 Å². The van der Waals surface area contributed by atoms with Gasteiger partial charge in [0.2, 0.25) is 0 Å². The lowest BCUT2D eigenvalue weighted by molar-refractivity contribution is -0.126. The number of carbonyl (C=O) groups is 1. The Morgan fingerprint density at radius 1 is 0.952 bits per heavy atom. The molecular weight excluding hydrogens is 262 g/mol. The van der Waals surface area contributed by atoms with E-state index < -0.39 is 0 Å². The van der Waals surface area contributed by atoms with Gasteiger partial charge in [0.05, 0.1) is 13.2 Å². The summed E-state index contributed by atoms with van der Waals surface area (Å²) in [6.45, 7) is 2.46. The minimum Gasteiger partial charge on any atom is -0.364 e. The van der Waals surface area contributed by atoms with Gasteiger partial charge in [0.25, 0.3) is 0 Å². The van der Waals surface area contributed by atoms with Crippen LogP contribution in [0.1, 0.15) is 11.1 Å². The molecule has 1 unspecified atom stereocenters. The highest BCUT2D eigenvalue weighted by atomic mass is 16.5. The summed E-state index contributed by atoms with van der Waals surface area (Å²) in [5, 5.41) is 0. The number of benzene rings is 2. The fraction of sp³-hybridized carbons (Fsp3) is 0.278. The lowest BCUT2D eigenvalue weighted by atomic mass is 10.2. The Bertz CT molecular complexity index is 583. The number of rotatable bonds is 5. The van der Waals surface area contributed by atoms with Crippen LogP contribution in [0, 0.1) is 0 Å². The fourth-order valence-corrected chi connectivity index (χ4v) is 2.60. The van der Waals surface area contributed by atoms with Crippen LogP contribution in [0.3, 0.4) is 0 Å². The van der Waals surface area contributed by atoms with E-state index in [0.29, 0.717) is 19.7 Å². The molecule has 3 rings (SSSR count). The molecule has 1 aliphatic rings. The van der Waals surface area contributed by atoms with Crippen molar-refractivity contribution in [2.75, 3.05) is 13.1 Å². The van der Waals surface area contributed by atoms with Gasteiger partial charge in [0.1, 0.15) is 6.10 Å². The van der Waals surface area contributed by atoms with Gasteiger partial charge in [-0.25, -0.2) is 0 Å². The lowest BCUT2D eigenvalue weighted by Crippen LogP contribution is -2.23. The molecule has 3 heteroatoms. The van der Waals surface area contributed by atoms with Crippen LogP contribution in [0.4, 0.5) is 0 Å². The molecule has 0 radical (unpaired) electrons. The number of hydrogen-bond acceptors (Lipinski definition) is 3. The summed E-state index contributed by atoms with van der Waals surface area (Å²) < 4.78 is 5.78. The second kappa shape index (κ2) is 6.66. The molecule has 21 heavy (non-hydrogen) atoms. The maximum atomic E-state index is 12.0. The Morgan fingerprint density at radius 2 is 1.57 bits per heavy atom. The van der Waals surface area contributed by atoms with Crippen molar-refractivity contribution in [3.05, 3.63) is 71.8 Å². The number of carbonyl (C=O) groups excluding carboxylic acids is 1. The third-order valence-corrected chi connectivity index (χ3v) is 3.71. The first-order chi connectivity index (χ1) is 10.3. The Hall–Kier alpha value is -1.97. The Labute approximate surface area is 125 Å². The van der Waals surface area contributed by atoms with Crippen molar-refractivity contribution in [1.82, 2.24) is 4.90 Å². The summed E-state index contributed by atoms with van der Waals surface area (Å²) in [5.41, 5.74) is 2.33. The third kappa shape index (κ3) is 3.78. The van der Waals surface area contributed by atoms with Crippen LogP contribution in [0.5, 0.6) is 0 Å². The zero-order valence-corrected chi connectivity index (χ0v) is 11.9. The van der Waals surface area contributed by atoms with Crippen molar-refractivity contribution in [2.45, 2.75) is 19.3 Å². The number of Topliss-reactive ketones (excluding diaryl/α,β-unsaturated/α-hetero) is 1. The minimum absolute atomic E-state index is 0.182. The van der Waals surface area contributed by atoms with Crippen LogP contribution in [-0.2, 0) is 22.7 Å². The smallest absolute Gasteiger partial charge is 0.176 e. The Balaban J connectivity index is 1.53. The molecule has 0 aromatic heterocycles. The standard InChI is InChI=1S/C18H19NO2/c20-17-12-19(11-15-7-3-1-4-8-15)13-18(17)21-14-16-9-5-2-6-10-16/h1-10,18H,11-14H2. The van der Waals surface area contributed by atoms with E-state index in [1.54, 1.807) is 0 Å². The van der Waals surface area contributed by atoms with Crippen molar-refractivity contribution in [1.29, 1.82) is 0 Å². The summed E-state index contributed by atoms with van der Waals surface area (Å²) in [5.74, 6) is 0.182. The van der Waals surface area contributed by atoms with Crippen LogP contribution in [0.2, 0.25) is 0 Å². The van der Waals surface area contributed by atoms with E-state index in [9.17, 15) is 4.79 Å². The molecule has 1 fully saturated rings. The molecule has 0 saturated carbocycles. The molecule has 1 aliphatic heterocycles. The first-order valence-electron chi connectivity index (χ1n) is 7.26. The normalized spacial score (nSPS) is 19.0. The summed E-state index contributed by atoms with van der Waals surface area (Å²) in [4.78, 5) is 14.2. The molecule has 1 saturated heterocycles. The predicted octanol–water partition coefficient (Wildman–Crippen LogP) is 2.66. The van der Waals surface area contributed by atoms with E-state index in [-0.39, 0.29) is 11.9 Å². The topological polar surface area (TPSA) is 29.5 Å². The van der Waals surface area contributed by atoms with Gasteiger partial charge in [-0.1, -0.05) is 60.7 Å². The van der Waals surface area contributed by atoms with E-state index in [1.165, 1.54) is 5.56 Å². The number of ketones is 1. The fourth-order valence-electron chi connectivity index (χ4n) is 2.60. The molecule has 0 bridgehead atoms. The lowest BCUT2D eigenvalue weighted by Gasteiger charge is -2.15. The highest BCUT2D eigenvalue weighted by Crippen LogP contribution is 2.15. The highest BCUT2D eigenvalue weighted by Gasteiger charge is 2.31. The van der Waals surface area contributed by atoms with Gasteiger partial charge in [-0.15, -0.1) is 0 Å². The Morgan fingerprint density at radius 3 is 2.24 bits per heavy atom. The summed E-state index contributed by atoms with van der Waals surface area (Å²) in [6, 6.07) is 20.2. The van der Waals surface area contributed by atoms with Crippen LogP contribution in [0.15, 0.2) is 60.7 Å². The molecule has 1 atom stereocenters. The quantitative estimate of drug-likeness (QED) is 0.844. The first kappa shape index (κ1) is 14.0. The van der Waals surface area contributed by atoms with Gasteiger partial charge < -0.3 is 4.74 Å². The molecule has 1 heterocycles. The number of ether oxygens (including phenoxy) is 1.